The molecule has 190 valence electrons. The van der Waals surface area contributed by atoms with Gasteiger partial charge in [0.1, 0.15) is 0 Å². The van der Waals surface area contributed by atoms with Crippen molar-refractivity contribution < 1.29 is 28.8 Å². The van der Waals surface area contributed by atoms with Gasteiger partial charge in [-0.15, -0.1) is 0 Å². The minimum absolute atomic E-state index is 0.139. The van der Waals surface area contributed by atoms with Crippen LogP contribution in [0.5, 0.6) is 11.5 Å². The number of benzene rings is 3. The zero-order valence-electron chi connectivity index (χ0n) is 19.9. The van der Waals surface area contributed by atoms with E-state index < -0.39 is 10.9 Å². The molecular weight excluding hydrogens is 480 g/mol. The molecule has 0 aromatic heterocycles. The van der Waals surface area contributed by atoms with E-state index in [9.17, 15) is 24.5 Å². The third-order valence-electron chi connectivity index (χ3n) is 5.01. The zero-order chi connectivity index (χ0) is 26.6. The molecule has 3 rings (SSSR count). The average molecular weight is 504 g/mol. The first kappa shape index (κ1) is 26.5. The number of nitrogens with zero attached hydrogens (tertiary/aromatic N) is 2. The van der Waals surface area contributed by atoms with Crippen LogP contribution in [0.25, 0.3) is 0 Å². The van der Waals surface area contributed by atoms with Crippen LogP contribution in [0.3, 0.4) is 0 Å². The van der Waals surface area contributed by atoms with Crippen LogP contribution in [0.2, 0.25) is 0 Å². The summed E-state index contributed by atoms with van der Waals surface area (Å²) in [6.45, 7) is 0.349. The number of hydrazone groups is 1. The van der Waals surface area contributed by atoms with Gasteiger partial charge in [-0.05, 0) is 54.4 Å². The number of nitro benzene ring substituents is 1. The van der Waals surface area contributed by atoms with Gasteiger partial charge in [0, 0.05) is 30.7 Å². The highest BCUT2D eigenvalue weighted by molar-refractivity contribution is 5.94. The Kier molecular flexibility index (Phi) is 9.43. The first-order valence-corrected chi connectivity index (χ1v) is 11.2. The number of nitrogens with one attached hydrogen (secondary N) is 2. The summed E-state index contributed by atoms with van der Waals surface area (Å²) >= 11 is 0. The van der Waals surface area contributed by atoms with Crippen LogP contribution in [0.1, 0.15) is 39.1 Å². The van der Waals surface area contributed by atoms with Gasteiger partial charge in [-0.2, -0.15) is 5.10 Å². The maximum Gasteiger partial charge on any atom is 0.343 e. The van der Waals surface area contributed by atoms with Crippen molar-refractivity contribution in [3.05, 3.63) is 99.6 Å². The van der Waals surface area contributed by atoms with Gasteiger partial charge in [0.05, 0.1) is 23.8 Å². The first-order valence-electron chi connectivity index (χ1n) is 11.2. The predicted molar refractivity (Wildman–Crippen MR) is 135 cm³/mol. The summed E-state index contributed by atoms with van der Waals surface area (Å²) in [7, 11) is 1.40. The van der Waals surface area contributed by atoms with E-state index in [2.05, 4.69) is 15.8 Å². The van der Waals surface area contributed by atoms with Gasteiger partial charge in [-0.3, -0.25) is 19.7 Å². The van der Waals surface area contributed by atoms with E-state index in [-0.39, 0.29) is 41.0 Å². The molecule has 11 heteroatoms. The van der Waals surface area contributed by atoms with Gasteiger partial charge in [-0.1, -0.05) is 18.2 Å². The van der Waals surface area contributed by atoms with Gasteiger partial charge in [0.2, 0.25) is 5.91 Å². The van der Waals surface area contributed by atoms with Crippen LogP contribution in [0.4, 0.5) is 5.69 Å². The summed E-state index contributed by atoms with van der Waals surface area (Å²) in [5, 5.41) is 17.4. The molecule has 3 aromatic rings. The summed E-state index contributed by atoms with van der Waals surface area (Å²) < 4.78 is 10.6. The highest BCUT2D eigenvalue weighted by Gasteiger charge is 2.14. The quantitative estimate of drug-likeness (QED) is 0.101. The summed E-state index contributed by atoms with van der Waals surface area (Å²) in [4.78, 5) is 46.5. The van der Waals surface area contributed by atoms with E-state index in [1.165, 1.54) is 43.7 Å². The molecule has 0 radical (unpaired) electrons. The number of hydrogen-bond donors (Lipinski definition) is 2. The second-order valence-corrected chi connectivity index (χ2v) is 7.62. The number of ether oxygens (including phenoxy) is 2. The molecule has 0 unspecified atom stereocenters. The molecule has 0 heterocycles. The Labute approximate surface area is 212 Å². The number of hydrogen-bond acceptors (Lipinski definition) is 8. The second kappa shape index (κ2) is 13.1. The van der Waals surface area contributed by atoms with Crippen LogP contribution >= 0.6 is 0 Å². The fourth-order valence-corrected chi connectivity index (χ4v) is 3.10. The Morgan fingerprint density at radius 3 is 2.38 bits per heavy atom. The second-order valence-electron chi connectivity index (χ2n) is 7.62. The van der Waals surface area contributed by atoms with Gasteiger partial charge in [0.25, 0.3) is 11.6 Å². The topological polar surface area (TPSA) is 149 Å². The molecule has 0 aliphatic heterocycles. The van der Waals surface area contributed by atoms with E-state index in [1.807, 2.05) is 6.07 Å². The van der Waals surface area contributed by atoms with Crippen LogP contribution in [0, 0.1) is 10.1 Å². The first-order chi connectivity index (χ1) is 17.9. The fourth-order valence-electron chi connectivity index (χ4n) is 3.10. The SMILES string of the molecule is COc1cc(/C=N/NC(=O)CCCNC(=O)c2ccccc2)ccc1OC(=O)c1ccc([N+](=O)[O-])cc1. The Morgan fingerprint density at radius 1 is 0.973 bits per heavy atom. The number of carbonyl (C=O) groups is 3. The highest BCUT2D eigenvalue weighted by atomic mass is 16.6. The molecule has 0 spiro atoms. The lowest BCUT2D eigenvalue weighted by Gasteiger charge is -2.10. The van der Waals surface area contributed by atoms with E-state index in [1.54, 1.807) is 36.4 Å². The minimum atomic E-state index is -0.707. The molecule has 2 amide bonds. The number of methoxy groups -OCH3 is 1. The molecular formula is C26H24N4O7. The van der Waals surface area contributed by atoms with Crippen LogP contribution in [0.15, 0.2) is 77.9 Å². The third-order valence-corrected chi connectivity index (χ3v) is 5.01. The van der Waals surface area contributed by atoms with E-state index >= 15 is 0 Å². The van der Waals surface area contributed by atoms with Crippen molar-refractivity contribution >= 4 is 29.7 Å². The van der Waals surface area contributed by atoms with Crippen molar-refractivity contribution in [2.24, 2.45) is 5.10 Å². The summed E-state index contributed by atoms with van der Waals surface area (Å²) in [6.07, 6.45) is 2.02. The molecule has 0 fully saturated rings. The molecule has 37 heavy (non-hydrogen) atoms. The van der Waals surface area contributed by atoms with Gasteiger partial charge in [-0.25, -0.2) is 10.2 Å². The lowest BCUT2D eigenvalue weighted by molar-refractivity contribution is -0.384. The van der Waals surface area contributed by atoms with Crippen LogP contribution in [-0.2, 0) is 4.79 Å². The normalized spacial score (nSPS) is 10.5. The predicted octanol–water partition coefficient (Wildman–Crippen LogP) is 3.48. The lowest BCUT2D eigenvalue weighted by atomic mass is 10.2. The third kappa shape index (κ3) is 7.99. The maximum atomic E-state index is 12.4. The molecule has 11 nitrogen and oxygen atoms in total. The summed E-state index contributed by atoms with van der Waals surface area (Å²) in [6, 6.07) is 18.5. The molecule has 2 N–H and O–H groups in total. The van der Waals surface area contributed by atoms with E-state index in [0.717, 1.165) is 0 Å². The number of esters is 1. The fraction of sp³-hybridized carbons (Fsp3) is 0.154. The molecule has 0 bridgehead atoms. The number of amides is 2. The van der Waals surface area contributed by atoms with Gasteiger partial charge < -0.3 is 14.8 Å². The van der Waals surface area contributed by atoms with Crippen molar-refractivity contribution in [1.82, 2.24) is 10.7 Å². The molecule has 0 aliphatic rings. The Hall–Kier alpha value is -5.06. The van der Waals surface area contributed by atoms with E-state index in [4.69, 9.17) is 9.47 Å². The van der Waals surface area contributed by atoms with Crippen LogP contribution < -0.4 is 20.2 Å². The number of carbonyl (C=O) groups excluding carboxylic acids is 3. The summed E-state index contributed by atoms with van der Waals surface area (Å²) in [5.41, 5.74) is 3.54. The average Bonchev–Trinajstić information content (AvgIpc) is 2.92. The number of nitro groups is 1. The van der Waals surface area contributed by atoms with Crippen molar-refractivity contribution in [2.75, 3.05) is 13.7 Å². The van der Waals surface area contributed by atoms with Crippen LogP contribution in [-0.4, -0.2) is 42.6 Å². The molecule has 0 aliphatic carbocycles. The molecule has 3 aromatic carbocycles. The monoisotopic (exact) mass is 504 g/mol. The van der Waals surface area contributed by atoms with Crippen molar-refractivity contribution in [1.29, 1.82) is 0 Å². The van der Waals surface area contributed by atoms with Crippen molar-refractivity contribution in [2.45, 2.75) is 12.8 Å². The standard InChI is InChI=1S/C26H24N4O7/c1-36-23-16-18(9-14-22(23)37-26(33)20-10-12-21(13-11-20)30(34)35)17-28-29-24(31)8-5-15-27-25(32)19-6-3-2-4-7-19/h2-4,6-7,9-14,16-17H,5,8,15H2,1H3,(H,27,32)(H,29,31)/b28-17+. The minimum Gasteiger partial charge on any atom is -0.493 e. The van der Waals surface area contributed by atoms with Crippen molar-refractivity contribution in [3.8, 4) is 11.5 Å². The number of non-ortho nitro benzene ring substituents is 1. The van der Waals surface area contributed by atoms with E-state index in [0.29, 0.717) is 24.1 Å². The molecule has 0 saturated carbocycles. The largest absolute Gasteiger partial charge is 0.493 e. The molecule has 0 atom stereocenters. The Bertz CT molecular complexity index is 1290. The Morgan fingerprint density at radius 2 is 1.70 bits per heavy atom. The zero-order valence-corrected chi connectivity index (χ0v) is 19.9. The summed E-state index contributed by atoms with van der Waals surface area (Å²) in [5.74, 6) is -0.827. The van der Waals surface area contributed by atoms with Gasteiger partial charge >= 0.3 is 5.97 Å². The van der Waals surface area contributed by atoms with Gasteiger partial charge in [0.15, 0.2) is 11.5 Å². The smallest absolute Gasteiger partial charge is 0.343 e. The van der Waals surface area contributed by atoms with Crippen molar-refractivity contribution in [3.63, 3.8) is 0 Å². The number of rotatable bonds is 11. The maximum absolute atomic E-state index is 12.4. The highest BCUT2D eigenvalue weighted by Crippen LogP contribution is 2.28. The Balaban J connectivity index is 1.46. The lowest BCUT2D eigenvalue weighted by Crippen LogP contribution is -2.26. The molecule has 0 saturated heterocycles.